The first-order chi connectivity index (χ1) is 8.36. The van der Waals surface area contributed by atoms with E-state index in [1.165, 1.54) is 5.56 Å². The molecule has 17 heavy (non-hydrogen) atoms. The van der Waals surface area contributed by atoms with Gasteiger partial charge in [-0.15, -0.1) is 0 Å². The van der Waals surface area contributed by atoms with Gasteiger partial charge in [-0.05, 0) is 24.1 Å². The molecular weight excluding hydrogens is 216 g/mol. The topological polar surface area (TPSA) is 43.4 Å². The number of methoxy groups -OCH3 is 1. The molecule has 96 valence electrons. The minimum Gasteiger partial charge on any atom is -0.379 e. The number of nitrogens with one attached hydrogen (secondary N) is 1. The van der Waals surface area contributed by atoms with Crippen molar-refractivity contribution in [1.82, 2.24) is 10.3 Å². The second kappa shape index (κ2) is 9.10. The molecule has 0 aliphatic rings. The minimum atomic E-state index is 0.114. The number of hydrogen-bond donors (Lipinski definition) is 1. The van der Waals surface area contributed by atoms with Crippen LogP contribution in [0.15, 0.2) is 24.5 Å². The van der Waals surface area contributed by atoms with Gasteiger partial charge >= 0.3 is 0 Å². The second-order valence-electron chi connectivity index (χ2n) is 3.92. The zero-order valence-electron chi connectivity index (χ0n) is 10.7. The van der Waals surface area contributed by atoms with Crippen LogP contribution in [-0.2, 0) is 16.0 Å². The Balaban J connectivity index is 2.15. The molecule has 0 bridgehead atoms. The molecule has 0 fully saturated rings. The van der Waals surface area contributed by atoms with Gasteiger partial charge in [-0.2, -0.15) is 0 Å². The molecule has 1 unspecified atom stereocenters. The molecule has 0 aliphatic carbocycles. The summed E-state index contributed by atoms with van der Waals surface area (Å²) in [6.07, 6.45) is 4.76. The van der Waals surface area contributed by atoms with E-state index in [0.717, 1.165) is 26.1 Å². The van der Waals surface area contributed by atoms with Crippen molar-refractivity contribution in [2.75, 3.05) is 26.9 Å². The van der Waals surface area contributed by atoms with Crippen molar-refractivity contribution in [2.24, 2.45) is 0 Å². The van der Waals surface area contributed by atoms with E-state index in [0.29, 0.717) is 6.61 Å². The Morgan fingerprint density at radius 3 is 2.76 bits per heavy atom. The van der Waals surface area contributed by atoms with Crippen LogP contribution in [0.5, 0.6) is 0 Å². The van der Waals surface area contributed by atoms with Gasteiger partial charge in [0.15, 0.2) is 0 Å². The van der Waals surface area contributed by atoms with Crippen LogP contribution >= 0.6 is 0 Å². The predicted octanol–water partition coefficient (Wildman–Crippen LogP) is 1.61. The van der Waals surface area contributed by atoms with Gasteiger partial charge < -0.3 is 14.8 Å². The largest absolute Gasteiger partial charge is 0.379 e. The van der Waals surface area contributed by atoms with Gasteiger partial charge in [0.1, 0.15) is 0 Å². The van der Waals surface area contributed by atoms with E-state index >= 15 is 0 Å². The van der Waals surface area contributed by atoms with Gasteiger partial charge in [-0.3, -0.25) is 4.98 Å². The first-order valence-corrected chi connectivity index (χ1v) is 6.07. The molecule has 0 amide bonds. The van der Waals surface area contributed by atoms with Crippen molar-refractivity contribution in [1.29, 1.82) is 0 Å². The summed E-state index contributed by atoms with van der Waals surface area (Å²) >= 11 is 0. The van der Waals surface area contributed by atoms with Crippen LogP contribution in [0, 0.1) is 0 Å². The number of hydrogen-bond acceptors (Lipinski definition) is 4. The summed E-state index contributed by atoms with van der Waals surface area (Å²) in [5.74, 6) is 0. The second-order valence-corrected chi connectivity index (χ2v) is 3.92. The van der Waals surface area contributed by atoms with Gasteiger partial charge in [0.25, 0.3) is 0 Å². The first kappa shape index (κ1) is 14.1. The lowest BCUT2D eigenvalue weighted by molar-refractivity contribution is 0.00930. The van der Waals surface area contributed by atoms with Gasteiger partial charge in [0, 0.05) is 39.2 Å². The summed E-state index contributed by atoms with van der Waals surface area (Å²) in [6.45, 7) is 5.17. The van der Waals surface area contributed by atoms with Crippen molar-refractivity contribution in [3.63, 3.8) is 0 Å². The van der Waals surface area contributed by atoms with Crippen molar-refractivity contribution in [3.8, 4) is 0 Å². The maximum atomic E-state index is 5.46. The molecule has 1 aromatic heterocycles. The molecule has 0 radical (unpaired) electrons. The molecule has 1 N–H and O–H groups in total. The van der Waals surface area contributed by atoms with Crippen LogP contribution in [0.25, 0.3) is 0 Å². The van der Waals surface area contributed by atoms with Crippen molar-refractivity contribution in [2.45, 2.75) is 26.0 Å². The number of pyridine rings is 1. The van der Waals surface area contributed by atoms with Crippen LogP contribution in [0.4, 0.5) is 0 Å². The zero-order valence-corrected chi connectivity index (χ0v) is 10.7. The predicted molar refractivity (Wildman–Crippen MR) is 67.9 cm³/mol. The zero-order chi connectivity index (χ0) is 12.3. The van der Waals surface area contributed by atoms with Crippen LogP contribution in [-0.4, -0.2) is 38.0 Å². The lowest BCUT2D eigenvalue weighted by Crippen LogP contribution is -2.32. The molecule has 0 aromatic carbocycles. The molecule has 0 saturated carbocycles. The average Bonchev–Trinajstić information content (AvgIpc) is 2.38. The SMILES string of the molecule is CCCOCC(CNCc1ccncc1)OC. The summed E-state index contributed by atoms with van der Waals surface area (Å²) in [5, 5.41) is 3.35. The van der Waals surface area contributed by atoms with Gasteiger partial charge in [0.05, 0.1) is 12.7 Å². The molecule has 1 heterocycles. The third kappa shape index (κ3) is 6.36. The van der Waals surface area contributed by atoms with Gasteiger partial charge in [-0.25, -0.2) is 0 Å². The lowest BCUT2D eigenvalue weighted by atomic mass is 10.2. The van der Waals surface area contributed by atoms with Crippen molar-refractivity contribution >= 4 is 0 Å². The standard InChI is InChI=1S/C13H22N2O2/c1-3-8-17-11-13(16-2)10-15-9-12-4-6-14-7-5-12/h4-7,13,15H,3,8-11H2,1-2H3. The van der Waals surface area contributed by atoms with E-state index in [2.05, 4.69) is 17.2 Å². The Kier molecular flexibility index (Phi) is 7.54. The first-order valence-electron chi connectivity index (χ1n) is 6.07. The average molecular weight is 238 g/mol. The van der Waals surface area contributed by atoms with Crippen LogP contribution < -0.4 is 5.32 Å². The highest BCUT2D eigenvalue weighted by molar-refractivity contribution is 5.08. The quantitative estimate of drug-likeness (QED) is 0.664. The highest BCUT2D eigenvalue weighted by atomic mass is 16.5. The molecule has 4 nitrogen and oxygen atoms in total. The number of ether oxygens (including phenoxy) is 2. The summed E-state index contributed by atoms with van der Waals surface area (Å²) in [4.78, 5) is 3.98. The molecule has 4 heteroatoms. The van der Waals surface area contributed by atoms with Crippen molar-refractivity contribution in [3.05, 3.63) is 30.1 Å². The maximum absolute atomic E-state index is 5.46. The smallest absolute Gasteiger partial charge is 0.0928 e. The fourth-order valence-electron chi connectivity index (χ4n) is 1.45. The maximum Gasteiger partial charge on any atom is 0.0928 e. The van der Waals surface area contributed by atoms with E-state index in [9.17, 15) is 0 Å². The molecule has 1 aromatic rings. The van der Waals surface area contributed by atoms with Crippen LogP contribution in [0.1, 0.15) is 18.9 Å². The van der Waals surface area contributed by atoms with E-state index in [4.69, 9.17) is 9.47 Å². The Morgan fingerprint density at radius 1 is 1.35 bits per heavy atom. The van der Waals surface area contributed by atoms with Gasteiger partial charge in [0.2, 0.25) is 0 Å². The summed E-state index contributed by atoms with van der Waals surface area (Å²) < 4.78 is 10.8. The highest BCUT2D eigenvalue weighted by Crippen LogP contribution is 1.96. The van der Waals surface area contributed by atoms with E-state index in [-0.39, 0.29) is 6.10 Å². The fraction of sp³-hybridized carbons (Fsp3) is 0.615. The third-order valence-electron chi connectivity index (χ3n) is 2.44. The molecular formula is C13H22N2O2. The monoisotopic (exact) mass is 238 g/mol. The molecule has 0 spiro atoms. The lowest BCUT2D eigenvalue weighted by Gasteiger charge is -2.16. The molecule has 0 aliphatic heterocycles. The normalized spacial score (nSPS) is 12.6. The van der Waals surface area contributed by atoms with E-state index < -0.39 is 0 Å². The minimum absolute atomic E-state index is 0.114. The van der Waals surface area contributed by atoms with Crippen LogP contribution in [0.2, 0.25) is 0 Å². The molecule has 1 atom stereocenters. The number of nitrogens with zero attached hydrogens (tertiary/aromatic N) is 1. The number of aromatic nitrogens is 1. The summed E-state index contributed by atoms with van der Waals surface area (Å²) in [5.41, 5.74) is 1.23. The summed E-state index contributed by atoms with van der Waals surface area (Å²) in [6, 6.07) is 4.00. The highest BCUT2D eigenvalue weighted by Gasteiger charge is 2.06. The number of rotatable bonds is 9. The Morgan fingerprint density at radius 2 is 2.12 bits per heavy atom. The molecule has 1 rings (SSSR count). The van der Waals surface area contributed by atoms with E-state index in [1.807, 2.05) is 12.1 Å². The van der Waals surface area contributed by atoms with E-state index in [1.54, 1.807) is 19.5 Å². The summed E-state index contributed by atoms with van der Waals surface area (Å²) in [7, 11) is 1.72. The third-order valence-corrected chi connectivity index (χ3v) is 2.44. The van der Waals surface area contributed by atoms with Crippen molar-refractivity contribution < 1.29 is 9.47 Å². The Labute approximate surface area is 103 Å². The Bertz CT molecular complexity index is 280. The fourth-order valence-corrected chi connectivity index (χ4v) is 1.45. The van der Waals surface area contributed by atoms with Crippen LogP contribution in [0.3, 0.4) is 0 Å². The van der Waals surface area contributed by atoms with Gasteiger partial charge in [-0.1, -0.05) is 6.92 Å². The Hall–Kier alpha value is -0.970. The molecule has 0 saturated heterocycles.